The number of nitrogens with zero attached hydrogens (tertiary/aromatic N) is 2. The van der Waals surface area contributed by atoms with Crippen molar-refractivity contribution in [1.29, 1.82) is 0 Å². The number of nitro groups is 1. The average Bonchev–Trinajstić information content (AvgIpc) is 2.43. The molecule has 2 rings (SSSR count). The normalized spacial score (nSPS) is 20.1. The number of carbonyl (C=O) groups excluding carboxylic acids is 1. The van der Waals surface area contributed by atoms with Gasteiger partial charge < -0.3 is 14.7 Å². The Morgan fingerprint density at radius 2 is 1.96 bits per heavy atom. The fraction of sp³-hybridized carbons (Fsp3) is 0.467. The number of carboxylic acid groups (broad SMARTS) is 1. The third-order valence-electron chi connectivity index (χ3n) is 3.48. The van der Waals surface area contributed by atoms with Crippen LogP contribution in [0.5, 0.6) is 0 Å². The molecule has 1 unspecified atom stereocenters. The van der Waals surface area contributed by atoms with E-state index in [9.17, 15) is 19.7 Å². The van der Waals surface area contributed by atoms with Crippen LogP contribution in [-0.2, 0) is 4.74 Å². The van der Waals surface area contributed by atoms with E-state index >= 15 is 0 Å². The molecular formula is C15H18N2O6. The van der Waals surface area contributed by atoms with Crippen LogP contribution in [0.2, 0.25) is 0 Å². The molecule has 0 radical (unpaired) electrons. The van der Waals surface area contributed by atoms with Crippen molar-refractivity contribution in [1.82, 2.24) is 4.90 Å². The molecule has 0 spiro atoms. The molecule has 0 bridgehead atoms. The van der Waals surface area contributed by atoms with E-state index in [1.807, 2.05) is 20.8 Å². The van der Waals surface area contributed by atoms with Crippen LogP contribution in [0.1, 0.15) is 41.5 Å². The topological polar surface area (TPSA) is 110 Å². The smallest absolute Gasteiger partial charge is 0.335 e. The van der Waals surface area contributed by atoms with Gasteiger partial charge in [-0.3, -0.25) is 14.9 Å². The van der Waals surface area contributed by atoms with Crippen LogP contribution in [0.25, 0.3) is 0 Å². The maximum absolute atomic E-state index is 12.6. The van der Waals surface area contributed by atoms with Gasteiger partial charge in [-0.15, -0.1) is 0 Å². The molecule has 1 amide bonds. The van der Waals surface area contributed by atoms with Gasteiger partial charge in [0.15, 0.2) is 0 Å². The number of ether oxygens (including phenoxy) is 1. The van der Waals surface area contributed by atoms with E-state index in [-0.39, 0.29) is 17.2 Å². The van der Waals surface area contributed by atoms with Crippen LogP contribution in [0, 0.1) is 10.1 Å². The minimum absolute atomic E-state index is 0.0125. The first-order valence-electron chi connectivity index (χ1n) is 7.09. The number of amides is 1. The van der Waals surface area contributed by atoms with E-state index < -0.39 is 28.1 Å². The van der Waals surface area contributed by atoms with Crippen molar-refractivity contribution >= 4 is 17.6 Å². The van der Waals surface area contributed by atoms with Gasteiger partial charge in [0.25, 0.3) is 11.6 Å². The Morgan fingerprint density at radius 3 is 2.48 bits per heavy atom. The van der Waals surface area contributed by atoms with Crippen LogP contribution in [0.3, 0.4) is 0 Å². The number of rotatable bonds is 3. The fourth-order valence-electron chi connectivity index (χ4n) is 2.75. The van der Waals surface area contributed by atoms with Gasteiger partial charge in [0.05, 0.1) is 22.2 Å². The predicted octanol–water partition coefficient (Wildman–Crippen LogP) is 1.93. The summed E-state index contributed by atoms with van der Waals surface area (Å²) in [4.78, 5) is 35.5. The Labute approximate surface area is 132 Å². The molecular weight excluding hydrogens is 304 g/mol. The molecule has 1 fully saturated rings. The van der Waals surface area contributed by atoms with E-state index in [4.69, 9.17) is 9.84 Å². The standard InChI is InChI=1S/C15H18N2O6/c1-9-7-16(8-15(2,3)23-9)13(18)10-4-11(14(19)20)6-12(5-10)17(21)22/h4-6,9H,7-8H2,1-3H3,(H,19,20). The van der Waals surface area contributed by atoms with Crippen molar-refractivity contribution in [3.8, 4) is 0 Å². The molecule has 0 aliphatic carbocycles. The summed E-state index contributed by atoms with van der Waals surface area (Å²) in [7, 11) is 0. The minimum atomic E-state index is -1.32. The molecule has 8 nitrogen and oxygen atoms in total. The highest BCUT2D eigenvalue weighted by molar-refractivity contribution is 5.98. The number of non-ortho nitro benzene ring substituents is 1. The number of carbonyl (C=O) groups is 2. The molecule has 1 aromatic rings. The van der Waals surface area contributed by atoms with Gasteiger partial charge in [0.2, 0.25) is 0 Å². The van der Waals surface area contributed by atoms with Crippen molar-refractivity contribution in [2.75, 3.05) is 13.1 Å². The Balaban J connectivity index is 2.38. The first-order chi connectivity index (χ1) is 10.6. The van der Waals surface area contributed by atoms with Gasteiger partial charge in [0, 0.05) is 30.8 Å². The van der Waals surface area contributed by atoms with Gasteiger partial charge in [-0.25, -0.2) is 4.79 Å². The van der Waals surface area contributed by atoms with E-state index in [1.54, 1.807) is 0 Å². The van der Waals surface area contributed by atoms with Crippen molar-refractivity contribution in [3.63, 3.8) is 0 Å². The van der Waals surface area contributed by atoms with Crippen molar-refractivity contribution in [3.05, 3.63) is 39.4 Å². The SMILES string of the molecule is CC1CN(C(=O)c2cc(C(=O)O)cc([N+](=O)[O-])c2)CC(C)(C)O1. The van der Waals surface area contributed by atoms with Crippen molar-refractivity contribution in [2.45, 2.75) is 32.5 Å². The van der Waals surface area contributed by atoms with E-state index in [0.717, 1.165) is 18.2 Å². The molecule has 0 aromatic heterocycles. The molecule has 1 aliphatic rings. The maximum atomic E-state index is 12.6. The summed E-state index contributed by atoms with van der Waals surface area (Å²) in [5.74, 6) is -1.77. The summed E-state index contributed by atoms with van der Waals surface area (Å²) < 4.78 is 5.72. The lowest BCUT2D eigenvalue weighted by Gasteiger charge is -2.41. The monoisotopic (exact) mass is 322 g/mol. The third-order valence-corrected chi connectivity index (χ3v) is 3.48. The first-order valence-corrected chi connectivity index (χ1v) is 7.09. The number of benzene rings is 1. The van der Waals surface area contributed by atoms with Crippen molar-refractivity contribution in [2.24, 2.45) is 0 Å². The highest BCUT2D eigenvalue weighted by Crippen LogP contribution is 2.24. The second kappa shape index (κ2) is 5.96. The van der Waals surface area contributed by atoms with E-state index in [2.05, 4.69) is 0 Å². The van der Waals surface area contributed by atoms with Gasteiger partial charge in [-0.2, -0.15) is 0 Å². The van der Waals surface area contributed by atoms with Crippen LogP contribution < -0.4 is 0 Å². The molecule has 23 heavy (non-hydrogen) atoms. The van der Waals surface area contributed by atoms with Crippen LogP contribution in [0.15, 0.2) is 18.2 Å². The molecule has 1 N–H and O–H groups in total. The highest BCUT2D eigenvalue weighted by Gasteiger charge is 2.34. The van der Waals surface area contributed by atoms with E-state index in [1.165, 1.54) is 4.90 Å². The Hall–Kier alpha value is -2.48. The molecule has 0 saturated carbocycles. The van der Waals surface area contributed by atoms with E-state index in [0.29, 0.717) is 13.1 Å². The number of hydrogen-bond donors (Lipinski definition) is 1. The zero-order valence-corrected chi connectivity index (χ0v) is 13.1. The lowest BCUT2D eigenvalue weighted by molar-refractivity contribution is -0.384. The first kappa shape index (κ1) is 16.9. The van der Waals surface area contributed by atoms with Crippen molar-refractivity contribution < 1.29 is 24.4 Å². The largest absolute Gasteiger partial charge is 0.478 e. The Kier molecular flexibility index (Phi) is 4.37. The lowest BCUT2D eigenvalue weighted by atomic mass is 10.0. The highest BCUT2D eigenvalue weighted by atomic mass is 16.6. The molecule has 8 heteroatoms. The summed E-state index contributed by atoms with van der Waals surface area (Å²) in [6.45, 7) is 6.18. The molecule has 1 atom stereocenters. The van der Waals surface area contributed by atoms with Gasteiger partial charge in [-0.05, 0) is 26.8 Å². The zero-order chi connectivity index (χ0) is 17.4. The maximum Gasteiger partial charge on any atom is 0.335 e. The summed E-state index contributed by atoms with van der Waals surface area (Å²) in [5, 5.41) is 20.0. The van der Waals surface area contributed by atoms with Gasteiger partial charge >= 0.3 is 5.97 Å². The van der Waals surface area contributed by atoms with Crippen LogP contribution in [0.4, 0.5) is 5.69 Å². The molecule has 1 heterocycles. The second-order valence-corrected chi connectivity index (χ2v) is 6.20. The second-order valence-electron chi connectivity index (χ2n) is 6.20. The van der Waals surface area contributed by atoms with Crippen LogP contribution in [-0.4, -0.2) is 51.6 Å². The summed E-state index contributed by atoms with van der Waals surface area (Å²) in [5.41, 5.74) is -1.26. The number of aromatic carboxylic acids is 1. The predicted molar refractivity (Wildman–Crippen MR) is 80.6 cm³/mol. The van der Waals surface area contributed by atoms with Gasteiger partial charge in [0.1, 0.15) is 0 Å². The summed E-state index contributed by atoms with van der Waals surface area (Å²) >= 11 is 0. The zero-order valence-electron chi connectivity index (χ0n) is 13.1. The summed E-state index contributed by atoms with van der Waals surface area (Å²) in [6.07, 6.45) is -0.180. The molecule has 124 valence electrons. The Bertz CT molecular complexity index is 638. The molecule has 1 aliphatic heterocycles. The number of morpholine rings is 1. The number of hydrogen-bond acceptors (Lipinski definition) is 5. The third kappa shape index (κ3) is 3.84. The van der Waals surface area contributed by atoms with Gasteiger partial charge in [-0.1, -0.05) is 0 Å². The fourth-order valence-corrected chi connectivity index (χ4v) is 2.75. The average molecular weight is 322 g/mol. The molecule has 1 saturated heterocycles. The summed E-state index contributed by atoms with van der Waals surface area (Å²) in [6, 6.07) is 3.19. The minimum Gasteiger partial charge on any atom is -0.478 e. The Morgan fingerprint density at radius 1 is 1.35 bits per heavy atom. The number of carboxylic acids is 1. The quantitative estimate of drug-likeness (QED) is 0.672. The lowest BCUT2D eigenvalue weighted by Crippen LogP contribution is -2.53. The molecule has 1 aromatic carbocycles. The number of nitro benzene ring substituents is 1. The van der Waals surface area contributed by atoms with Crippen LogP contribution >= 0.6 is 0 Å².